The van der Waals surface area contributed by atoms with Gasteiger partial charge in [-0.2, -0.15) is 0 Å². The maximum atomic E-state index is 13.7. The summed E-state index contributed by atoms with van der Waals surface area (Å²) in [4.78, 5) is 24.4. The number of aryl methyl sites for hydroxylation is 1. The average molecular weight is 398 g/mol. The minimum atomic E-state index is -0.648. The second kappa shape index (κ2) is 6.52. The van der Waals surface area contributed by atoms with Crippen molar-refractivity contribution >= 4 is 17.3 Å². The van der Waals surface area contributed by atoms with E-state index in [-0.39, 0.29) is 23.4 Å². The number of rotatable bonds is 3. The molecule has 0 heterocycles. The number of anilines is 1. The summed E-state index contributed by atoms with van der Waals surface area (Å²) in [5.74, 6) is 0.0309. The highest BCUT2D eigenvalue weighted by Gasteiger charge is 2.53. The molecule has 5 nitrogen and oxygen atoms in total. The lowest BCUT2D eigenvalue weighted by Crippen LogP contribution is -2.47. The lowest BCUT2D eigenvalue weighted by Gasteiger charge is -2.50. The van der Waals surface area contributed by atoms with Gasteiger partial charge in [0, 0.05) is 24.0 Å². The summed E-state index contributed by atoms with van der Waals surface area (Å²) >= 11 is 0. The second-order valence-electron chi connectivity index (χ2n) is 8.58. The van der Waals surface area contributed by atoms with Crippen molar-refractivity contribution in [3.8, 4) is 0 Å². The number of amides is 1. The number of non-ortho nitro benzene ring substituents is 1. The maximum Gasteiger partial charge on any atom is 0.271 e. The molecule has 0 radical (unpaired) electrons. The van der Waals surface area contributed by atoms with Gasteiger partial charge in [0.1, 0.15) is 0 Å². The Morgan fingerprint density at radius 2 is 1.57 bits per heavy atom. The first kappa shape index (κ1) is 18.6. The van der Waals surface area contributed by atoms with Crippen LogP contribution in [-0.2, 0) is 4.79 Å². The molecule has 3 aromatic carbocycles. The molecule has 1 atom stereocenters. The lowest BCUT2D eigenvalue weighted by molar-refractivity contribution is -0.384. The van der Waals surface area contributed by atoms with E-state index in [1.54, 1.807) is 6.07 Å². The number of carbonyl (C=O) groups is 1. The summed E-state index contributed by atoms with van der Waals surface area (Å²) in [6, 6.07) is 21.4. The minimum absolute atomic E-state index is 0.0260. The van der Waals surface area contributed by atoms with Crippen molar-refractivity contribution in [2.24, 2.45) is 5.41 Å². The predicted octanol–water partition coefficient (Wildman–Crippen LogP) is 5.53. The van der Waals surface area contributed by atoms with Crippen LogP contribution in [0.15, 0.2) is 66.7 Å². The van der Waals surface area contributed by atoms with Gasteiger partial charge in [0.15, 0.2) is 0 Å². The Hall–Kier alpha value is -3.47. The fourth-order valence-corrected chi connectivity index (χ4v) is 5.31. The van der Waals surface area contributed by atoms with Gasteiger partial charge >= 0.3 is 0 Å². The number of hydrogen-bond donors (Lipinski definition) is 1. The van der Waals surface area contributed by atoms with E-state index in [0.717, 1.165) is 5.56 Å². The van der Waals surface area contributed by atoms with Crippen molar-refractivity contribution in [1.82, 2.24) is 0 Å². The zero-order valence-corrected chi connectivity index (χ0v) is 16.9. The van der Waals surface area contributed by atoms with Crippen molar-refractivity contribution in [2.45, 2.75) is 32.1 Å². The summed E-state index contributed by atoms with van der Waals surface area (Å²) in [6.07, 6.45) is 0.714. The molecule has 3 aliphatic rings. The topological polar surface area (TPSA) is 72.2 Å². The smallest absolute Gasteiger partial charge is 0.271 e. The Morgan fingerprint density at radius 3 is 2.13 bits per heavy atom. The van der Waals surface area contributed by atoms with Crippen molar-refractivity contribution in [1.29, 1.82) is 0 Å². The van der Waals surface area contributed by atoms with E-state index in [2.05, 4.69) is 41.7 Å². The maximum absolute atomic E-state index is 13.7. The standard InChI is InChI=1S/C25H22N2O3/c1-15-11-12-16(27(29)30)13-22(15)26-24(28)25(2)14-21-17-7-3-5-9-19(17)23(25)20-10-6-4-8-18(20)21/h3-13,21,23H,14H2,1-2H3,(H,26,28). The van der Waals surface area contributed by atoms with Gasteiger partial charge in [0.2, 0.25) is 5.91 Å². The number of nitro groups is 1. The van der Waals surface area contributed by atoms with Crippen LogP contribution in [-0.4, -0.2) is 10.8 Å². The van der Waals surface area contributed by atoms with E-state index < -0.39 is 10.3 Å². The van der Waals surface area contributed by atoms with Crippen molar-refractivity contribution in [3.63, 3.8) is 0 Å². The number of nitro benzene ring substituents is 1. The minimum Gasteiger partial charge on any atom is -0.325 e. The van der Waals surface area contributed by atoms with Gasteiger partial charge < -0.3 is 5.32 Å². The molecule has 6 rings (SSSR count). The van der Waals surface area contributed by atoms with Crippen LogP contribution >= 0.6 is 0 Å². The molecular formula is C25H22N2O3. The Bertz CT molecular complexity index is 1160. The molecular weight excluding hydrogens is 376 g/mol. The van der Waals surface area contributed by atoms with E-state index in [1.165, 1.54) is 34.4 Å². The molecule has 0 spiro atoms. The summed E-state index contributed by atoms with van der Waals surface area (Å²) in [5, 5.41) is 14.2. The highest BCUT2D eigenvalue weighted by atomic mass is 16.6. The summed E-state index contributed by atoms with van der Waals surface area (Å²) < 4.78 is 0. The molecule has 30 heavy (non-hydrogen) atoms. The molecule has 2 bridgehead atoms. The molecule has 1 N–H and O–H groups in total. The number of carbonyl (C=O) groups excluding carboxylic acids is 1. The van der Waals surface area contributed by atoms with Crippen molar-refractivity contribution < 1.29 is 9.72 Å². The molecule has 0 aliphatic heterocycles. The van der Waals surface area contributed by atoms with Gasteiger partial charge in [-0.05, 0) is 48.1 Å². The first-order chi connectivity index (χ1) is 14.4. The van der Waals surface area contributed by atoms with Gasteiger partial charge in [0.25, 0.3) is 5.69 Å². The van der Waals surface area contributed by atoms with Crippen LogP contribution < -0.4 is 5.32 Å². The molecule has 0 saturated heterocycles. The monoisotopic (exact) mass is 398 g/mol. The van der Waals surface area contributed by atoms with Crippen molar-refractivity contribution in [2.75, 3.05) is 5.32 Å². The fourth-order valence-electron chi connectivity index (χ4n) is 5.31. The van der Waals surface area contributed by atoms with Crippen LogP contribution in [0.25, 0.3) is 0 Å². The highest BCUT2D eigenvalue weighted by molar-refractivity contribution is 5.98. The Kier molecular flexibility index (Phi) is 4.03. The van der Waals surface area contributed by atoms with Gasteiger partial charge in [-0.15, -0.1) is 0 Å². The third-order valence-electron chi connectivity index (χ3n) is 6.83. The fraction of sp³-hybridized carbons (Fsp3) is 0.240. The summed E-state index contributed by atoms with van der Waals surface area (Å²) in [6.45, 7) is 3.87. The summed E-state index contributed by atoms with van der Waals surface area (Å²) in [5.41, 5.74) is 5.65. The lowest BCUT2D eigenvalue weighted by atomic mass is 9.52. The van der Waals surface area contributed by atoms with Crippen LogP contribution in [0.2, 0.25) is 0 Å². The molecule has 0 aromatic heterocycles. The van der Waals surface area contributed by atoms with E-state index in [1.807, 2.05) is 26.0 Å². The number of nitrogens with zero attached hydrogens (tertiary/aromatic N) is 1. The zero-order valence-electron chi connectivity index (χ0n) is 16.9. The summed E-state index contributed by atoms with van der Waals surface area (Å²) in [7, 11) is 0. The molecule has 1 amide bonds. The average Bonchev–Trinajstić information content (AvgIpc) is 2.75. The van der Waals surface area contributed by atoms with Crippen LogP contribution in [0.1, 0.15) is 53.0 Å². The Labute approximate surface area is 174 Å². The molecule has 150 valence electrons. The van der Waals surface area contributed by atoms with Gasteiger partial charge in [-0.25, -0.2) is 0 Å². The second-order valence-corrected chi connectivity index (χ2v) is 8.58. The van der Waals surface area contributed by atoms with E-state index in [9.17, 15) is 14.9 Å². The molecule has 0 saturated carbocycles. The highest BCUT2D eigenvalue weighted by Crippen LogP contribution is 2.61. The normalized spacial score (nSPS) is 23.4. The van der Waals surface area contributed by atoms with Crippen LogP contribution in [0.3, 0.4) is 0 Å². The predicted molar refractivity (Wildman–Crippen MR) is 116 cm³/mol. The quantitative estimate of drug-likeness (QED) is 0.466. The van der Waals surface area contributed by atoms with E-state index in [4.69, 9.17) is 0 Å². The number of benzene rings is 3. The number of hydrogen-bond acceptors (Lipinski definition) is 3. The van der Waals surface area contributed by atoms with E-state index in [0.29, 0.717) is 12.1 Å². The molecule has 5 heteroatoms. The van der Waals surface area contributed by atoms with Crippen molar-refractivity contribution in [3.05, 3.63) is 105 Å². The van der Waals surface area contributed by atoms with Gasteiger partial charge in [-0.1, -0.05) is 54.6 Å². The zero-order chi connectivity index (χ0) is 21.0. The number of nitrogens with one attached hydrogen (secondary N) is 1. The molecule has 3 aliphatic carbocycles. The number of fused-ring (bicyclic) bond motifs is 1. The Morgan fingerprint density at radius 1 is 1.00 bits per heavy atom. The largest absolute Gasteiger partial charge is 0.325 e. The van der Waals surface area contributed by atoms with Crippen LogP contribution in [0, 0.1) is 22.5 Å². The first-order valence-electron chi connectivity index (χ1n) is 10.1. The third-order valence-corrected chi connectivity index (χ3v) is 6.83. The van der Waals surface area contributed by atoms with Crippen LogP contribution in [0.4, 0.5) is 11.4 Å². The Balaban J connectivity index is 1.58. The van der Waals surface area contributed by atoms with Gasteiger partial charge in [-0.3, -0.25) is 14.9 Å². The van der Waals surface area contributed by atoms with Crippen LogP contribution in [0.5, 0.6) is 0 Å². The van der Waals surface area contributed by atoms with Gasteiger partial charge in [0.05, 0.1) is 16.0 Å². The van der Waals surface area contributed by atoms with E-state index >= 15 is 0 Å². The third kappa shape index (κ3) is 2.58. The molecule has 0 fully saturated rings. The molecule has 3 aromatic rings. The SMILES string of the molecule is Cc1ccc([N+](=O)[O-])cc1NC(=O)C1(C)CC2c3ccccc3C1c1ccccc12. The first-order valence-corrected chi connectivity index (χ1v) is 10.1. The molecule has 1 unspecified atom stereocenters.